The molecule has 5 nitrogen and oxygen atoms in total. The van der Waals surface area contributed by atoms with E-state index < -0.39 is 0 Å². The number of urea groups is 1. The van der Waals surface area contributed by atoms with Crippen molar-refractivity contribution < 1.29 is 10.0 Å². The lowest BCUT2D eigenvalue weighted by molar-refractivity contribution is -0.0542. The van der Waals surface area contributed by atoms with Gasteiger partial charge >= 0.3 is 6.03 Å². The number of carbonyl (C=O) groups excluding carboxylic acids is 1. The van der Waals surface area contributed by atoms with Gasteiger partial charge in [-0.1, -0.05) is 53.6 Å². The number of rotatable bonds is 4. The molecule has 2 amide bonds. The van der Waals surface area contributed by atoms with Crippen molar-refractivity contribution >= 4 is 29.0 Å². The molecule has 1 N–H and O–H groups in total. The summed E-state index contributed by atoms with van der Waals surface area (Å²) in [6, 6.07) is 16.0. The van der Waals surface area contributed by atoms with Crippen LogP contribution in [-0.4, -0.2) is 45.8 Å². The third-order valence-electron chi connectivity index (χ3n) is 5.71. The van der Waals surface area contributed by atoms with Crippen LogP contribution in [0.5, 0.6) is 0 Å². The van der Waals surface area contributed by atoms with Gasteiger partial charge in [-0.3, -0.25) is 5.21 Å². The summed E-state index contributed by atoms with van der Waals surface area (Å²) in [4.78, 5) is 20.2. The van der Waals surface area contributed by atoms with Crippen molar-refractivity contribution in [2.75, 3.05) is 19.6 Å². The van der Waals surface area contributed by atoms with Gasteiger partial charge in [0.15, 0.2) is 0 Å². The summed E-state index contributed by atoms with van der Waals surface area (Å²) < 4.78 is 0. The van der Waals surface area contributed by atoms with E-state index in [1.807, 2.05) is 24.3 Å². The van der Waals surface area contributed by atoms with Gasteiger partial charge in [0.2, 0.25) is 0 Å². The molecule has 31 heavy (non-hydrogen) atoms. The molecule has 0 bridgehead atoms. The predicted octanol–water partition coefficient (Wildman–Crippen LogP) is 6.45. The first-order valence-corrected chi connectivity index (χ1v) is 11.7. The maximum atomic E-state index is 12.2. The summed E-state index contributed by atoms with van der Waals surface area (Å²) in [6.45, 7) is 5.37. The summed E-state index contributed by atoms with van der Waals surface area (Å²) >= 11 is 7.84. The minimum absolute atomic E-state index is 0.287. The summed E-state index contributed by atoms with van der Waals surface area (Å²) in [5.74, 6) is 0.299. The number of hydrogen-bond donors (Lipinski definition) is 1. The molecule has 0 aliphatic carbocycles. The van der Waals surface area contributed by atoms with Crippen molar-refractivity contribution in [1.82, 2.24) is 14.9 Å². The quantitative estimate of drug-likeness (QED) is 0.363. The molecule has 4 rings (SSSR count). The standard InChI is InChI=1S/C24H26ClN3O2S/c1-3-28(30)24(29)27-14-12-19(13-15-27)23-26-21(17-8-10-20(25)11-9-17)22(31-23)18-6-4-16(2)5-7-18/h4-11,19,30H,3,12-15H2,1-2H3. The molecule has 1 aliphatic rings. The zero-order valence-electron chi connectivity index (χ0n) is 17.7. The molecule has 7 heteroatoms. The number of hydroxylamine groups is 2. The summed E-state index contributed by atoms with van der Waals surface area (Å²) in [5, 5.41) is 12.3. The van der Waals surface area contributed by atoms with E-state index in [4.69, 9.17) is 16.6 Å². The first-order valence-electron chi connectivity index (χ1n) is 10.5. The lowest BCUT2D eigenvalue weighted by Crippen LogP contribution is -2.45. The van der Waals surface area contributed by atoms with Crippen LogP contribution in [0.3, 0.4) is 0 Å². The highest BCUT2D eigenvalue weighted by Gasteiger charge is 2.29. The third kappa shape index (κ3) is 4.76. The van der Waals surface area contributed by atoms with Crippen molar-refractivity contribution in [3.63, 3.8) is 0 Å². The average molecular weight is 456 g/mol. The van der Waals surface area contributed by atoms with E-state index in [1.165, 1.54) is 5.56 Å². The predicted molar refractivity (Wildman–Crippen MR) is 126 cm³/mol. The topological polar surface area (TPSA) is 56.7 Å². The fourth-order valence-electron chi connectivity index (χ4n) is 3.83. The third-order valence-corrected chi connectivity index (χ3v) is 7.23. The summed E-state index contributed by atoms with van der Waals surface area (Å²) in [6.07, 6.45) is 1.68. The van der Waals surface area contributed by atoms with Crippen LogP contribution in [0.2, 0.25) is 5.02 Å². The fraction of sp³-hybridized carbons (Fsp3) is 0.333. The molecule has 2 aromatic carbocycles. The Balaban J connectivity index is 1.62. The Morgan fingerprint density at radius 3 is 2.35 bits per heavy atom. The van der Waals surface area contributed by atoms with E-state index in [0.29, 0.717) is 24.0 Å². The molecule has 1 aromatic heterocycles. The number of aryl methyl sites for hydroxylation is 1. The van der Waals surface area contributed by atoms with Gasteiger partial charge in [0.1, 0.15) is 0 Å². The SMILES string of the molecule is CCN(O)C(=O)N1CCC(c2nc(-c3ccc(Cl)cc3)c(-c3ccc(C)cc3)s2)CC1. The Morgan fingerprint density at radius 2 is 1.74 bits per heavy atom. The Kier molecular flexibility index (Phi) is 6.60. The molecule has 0 spiro atoms. The molecule has 2 heterocycles. The van der Waals surface area contributed by atoms with E-state index >= 15 is 0 Å². The van der Waals surface area contributed by atoms with Gasteiger partial charge < -0.3 is 4.90 Å². The largest absolute Gasteiger partial charge is 0.343 e. The number of hydrogen-bond acceptors (Lipinski definition) is 4. The molecule has 1 aliphatic heterocycles. The van der Waals surface area contributed by atoms with Crippen LogP contribution in [0.4, 0.5) is 4.79 Å². The van der Waals surface area contributed by atoms with Crippen molar-refractivity contribution in [2.24, 2.45) is 0 Å². The number of aromatic nitrogens is 1. The monoisotopic (exact) mass is 455 g/mol. The fourth-order valence-corrected chi connectivity index (χ4v) is 5.22. The van der Waals surface area contributed by atoms with Gasteiger partial charge in [0.25, 0.3) is 0 Å². The van der Waals surface area contributed by atoms with Gasteiger partial charge in [-0.05, 0) is 44.4 Å². The lowest BCUT2D eigenvalue weighted by atomic mass is 9.97. The molecular weight excluding hydrogens is 430 g/mol. The number of nitrogens with zero attached hydrogens (tertiary/aromatic N) is 3. The second-order valence-electron chi connectivity index (χ2n) is 7.86. The maximum Gasteiger partial charge on any atom is 0.343 e. The van der Waals surface area contributed by atoms with Gasteiger partial charge in [0, 0.05) is 36.1 Å². The smallest absolute Gasteiger partial charge is 0.323 e. The minimum atomic E-state index is -0.317. The van der Waals surface area contributed by atoms with Gasteiger partial charge in [-0.2, -0.15) is 0 Å². The Hall–Kier alpha value is -2.41. The molecule has 0 saturated carbocycles. The van der Waals surface area contributed by atoms with Crippen LogP contribution in [0, 0.1) is 6.92 Å². The second kappa shape index (κ2) is 9.39. The molecule has 0 radical (unpaired) electrons. The van der Waals surface area contributed by atoms with E-state index in [9.17, 15) is 10.0 Å². The Morgan fingerprint density at radius 1 is 1.13 bits per heavy atom. The number of halogens is 1. The number of thiazole rings is 1. The highest BCUT2D eigenvalue weighted by atomic mass is 35.5. The molecule has 0 unspecified atom stereocenters. The van der Waals surface area contributed by atoms with E-state index in [-0.39, 0.29) is 12.6 Å². The minimum Gasteiger partial charge on any atom is -0.323 e. The van der Waals surface area contributed by atoms with Crippen LogP contribution in [0.25, 0.3) is 21.7 Å². The number of amides is 2. The number of piperidine rings is 1. The van der Waals surface area contributed by atoms with Crippen molar-refractivity contribution in [3.05, 3.63) is 64.1 Å². The molecule has 1 fully saturated rings. The molecule has 3 aromatic rings. The Bertz CT molecular complexity index is 979. The van der Waals surface area contributed by atoms with Crippen molar-refractivity contribution in [3.8, 4) is 21.7 Å². The highest BCUT2D eigenvalue weighted by molar-refractivity contribution is 7.15. The number of benzene rings is 2. The normalized spacial score (nSPS) is 14.6. The Labute approximate surface area is 191 Å². The van der Waals surface area contributed by atoms with E-state index in [0.717, 1.165) is 44.6 Å². The van der Waals surface area contributed by atoms with Crippen molar-refractivity contribution in [1.29, 1.82) is 0 Å². The molecular formula is C24H26ClN3O2S. The summed E-state index contributed by atoms with van der Waals surface area (Å²) in [7, 11) is 0. The molecule has 162 valence electrons. The van der Waals surface area contributed by atoms with Gasteiger partial charge in [0.05, 0.1) is 15.6 Å². The number of carbonyl (C=O) groups is 1. The molecule has 1 saturated heterocycles. The number of likely N-dealkylation sites (tertiary alicyclic amines) is 1. The lowest BCUT2D eigenvalue weighted by Gasteiger charge is -2.32. The first kappa shape index (κ1) is 21.8. The van der Waals surface area contributed by atoms with Crippen LogP contribution < -0.4 is 0 Å². The highest BCUT2D eigenvalue weighted by Crippen LogP contribution is 2.41. The van der Waals surface area contributed by atoms with Crippen LogP contribution in [0.1, 0.15) is 36.3 Å². The van der Waals surface area contributed by atoms with Crippen LogP contribution in [0.15, 0.2) is 48.5 Å². The van der Waals surface area contributed by atoms with Crippen molar-refractivity contribution in [2.45, 2.75) is 32.6 Å². The zero-order chi connectivity index (χ0) is 22.0. The van der Waals surface area contributed by atoms with Gasteiger partial charge in [-0.25, -0.2) is 14.8 Å². The summed E-state index contributed by atoms with van der Waals surface area (Å²) in [5.41, 5.74) is 4.41. The average Bonchev–Trinajstić information content (AvgIpc) is 3.24. The maximum absolute atomic E-state index is 12.2. The van der Waals surface area contributed by atoms with Gasteiger partial charge in [-0.15, -0.1) is 11.3 Å². The van der Waals surface area contributed by atoms with Crippen LogP contribution in [-0.2, 0) is 0 Å². The van der Waals surface area contributed by atoms with Crippen LogP contribution >= 0.6 is 22.9 Å². The van der Waals surface area contributed by atoms with E-state index in [1.54, 1.807) is 23.2 Å². The zero-order valence-corrected chi connectivity index (χ0v) is 19.3. The second-order valence-corrected chi connectivity index (χ2v) is 9.33. The molecule has 0 atom stereocenters. The first-order chi connectivity index (χ1) is 15.0. The van der Waals surface area contributed by atoms with E-state index in [2.05, 4.69) is 31.2 Å².